The lowest BCUT2D eigenvalue weighted by molar-refractivity contribution is -0.130. The first-order chi connectivity index (χ1) is 9.61. The van der Waals surface area contributed by atoms with E-state index in [0.29, 0.717) is 5.76 Å². The van der Waals surface area contributed by atoms with E-state index in [1.165, 1.54) is 13.0 Å². The van der Waals surface area contributed by atoms with Crippen molar-refractivity contribution in [2.45, 2.75) is 50.3 Å². The third-order valence-electron chi connectivity index (χ3n) is 3.53. The number of sulfonamides is 1. The first-order valence-electron chi connectivity index (χ1n) is 6.62. The molecule has 1 saturated carbocycles. The summed E-state index contributed by atoms with van der Waals surface area (Å²) in [6.45, 7) is 3.04. The van der Waals surface area contributed by atoms with Gasteiger partial charge in [0.05, 0.1) is 0 Å². The van der Waals surface area contributed by atoms with Gasteiger partial charge in [0.15, 0.2) is 0 Å². The molecule has 1 fully saturated rings. The normalized spacial score (nSPS) is 22.0. The van der Waals surface area contributed by atoms with Crippen LogP contribution in [0.3, 0.4) is 0 Å². The molecule has 0 spiro atoms. The molecular weight excluding hydrogens is 304 g/mol. The molecule has 1 atom stereocenters. The molecule has 1 heterocycles. The maximum atomic E-state index is 13.3. The highest BCUT2D eigenvalue weighted by atomic mass is 32.2. The Balaban J connectivity index is 2.13. The lowest BCUT2D eigenvalue weighted by Crippen LogP contribution is -2.40. The predicted molar refractivity (Wildman–Crippen MR) is 70.4 cm³/mol. The average molecular weight is 321 g/mol. The molecule has 0 saturated heterocycles. The summed E-state index contributed by atoms with van der Waals surface area (Å²) in [5.74, 6) is -4.23. The van der Waals surface area contributed by atoms with Gasteiger partial charge in [-0.05, 0) is 26.7 Å². The van der Waals surface area contributed by atoms with E-state index in [4.69, 9.17) is 4.42 Å². The molecule has 1 aromatic rings. The highest BCUT2D eigenvalue weighted by Gasteiger charge is 2.40. The van der Waals surface area contributed by atoms with Crippen molar-refractivity contribution >= 4 is 15.9 Å². The van der Waals surface area contributed by atoms with Gasteiger partial charge in [-0.15, -0.1) is 0 Å². The van der Waals surface area contributed by atoms with Crippen molar-refractivity contribution in [2.24, 2.45) is 5.92 Å². The molecular formula is C13H17F2NO4S. The fourth-order valence-electron chi connectivity index (χ4n) is 2.54. The second-order valence-corrected chi connectivity index (χ2v) is 7.05. The Morgan fingerprint density at radius 2 is 2.10 bits per heavy atom. The van der Waals surface area contributed by atoms with Crippen LogP contribution in [0, 0.1) is 19.8 Å². The summed E-state index contributed by atoms with van der Waals surface area (Å²) in [5, 5.41) is 0. The van der Waals surface area contributed by atoms with Crippen molar-refractivity contribution in [2.75, 3.05) is 0 Å². The Hall–Kier alpha value is -1.44. The van der Waals surface area contributed by atoms with Gasteiger partial charge in [-0.1, -0.05) is 0 Å². The lowest BCUT2D eigenvalue weighted by atomic mass is 9.86. The molecule has 1 amide bonds. The fourth-order valence-corrected chi connectivity index (χ4v) is 3.82. The van der Waals surface area contributed by atoms with E-state index in [9.17, 15) is 22.0 Å². The molecule has 1 aliphatic rings. The molecule has 0 aromatic carbocycles. The fraction of sp³-hybridized carbons (Fsp3) is 0.615. The van der Waals surface area contributed by atoms with Crippen LogP contribution in [0.5, 0.6) is 0 Å². The molecule has 1 N–H and O–H groups in total. The van der Waals surface area contributed by atoms with Gasteiger partial charge in [-0.25, -0.2) is 21.9 Å². The summed E-state index contributed by atoms with van der Waals surface area (Å²) in [5.41, 5.74) is 0. The second-order valence-electron chi connectivity index (χ2n) is 5.40. The van der Waals surface area contributed by atoms with Crippen LogP contribution >= 0.6 is 0 Å². The van der Waals surface area contributed by atoms with Gasteiger partial charge in [0.25, 0.3) is 10.0 Å². The molecule has 118 valence electrons. The molecule has 0 bridgehead atoms. The third-order valence-corrected chi connectivity index (χ3v) is 4.99. The maximum Gasteiger partial charge on any atom is 0.267 e. The second kappa shape index (κ2) is 5.40. The van der Waals surface area contributed by atoms with Crippen LogP contribution in [-0.4, -0.2) is 20.2 Å². The molecule has 1 aliphatic carbocycles. The van der Waals surface area contributed by atoms with Crippen molar-refractivity contribution in [3.63, 3.8) is 0 Å². The monoisotopic (exact) mass is 321 g/mol. The smallest absolute Gasteiger partial charge is 0.267 e. The molecule has 1 unspecified atom stereocenters. The van der Waals surface area contributed by atoms with Crippen molar-refractivity contribution in [1.82, 2.24) is 4.72 Å². The van der Waals surface area contributed by atoms with Crippen molar-refractivity contribution < 1.29 is 26.4 Å². The van der Waals surface area contributed by atoms with Crippen LogP contribution in [0.15, 0.2) is 15.4 Å². The number of hydrogen-bond donors (Lipinski definition) is 1. The Bertz CT molecular complexity index is 651. The number of hydrogen-bond acceptors (Lipinski definition) is 4. The topological polar surface area (TPSA) is 76.4 Å². The standard InChI is InChI=1S/C13H17F2NO4S/c1-8-6-11(9(2)20-8)21(18,19)16-12(17)10-4-3-5-13(14,15)7-10/h6,10H,3-5,7H2,1-2H3,(H,16,17). The minimum absolute atomic E-state index is 0.143. The van der Waals surface area contributed by atoms with E-state index in [2.05, 4.69) is 0 Å². The summed E-state index contributed by atoms with van der Waals surface area (Å²) >= 11 is 0. The number of halogens is 2. The first-order valence-corrected chi connectivity index (χ1v) is 8.10. The van der Waals surface area contributed by atoms with Crippen LogP contribution in [0.1, 0.15) is 37.2 Å². The van der Waals surface area contributed by atoms with E-state index in [-0.39, 0.29) is 29.9 Å². The first kappa shape index (κ1) is 15.9. The van der Waals surface area contributed by atoms with Gasteiger partial charge in [0, 0.05) is 24.8 Å². The molecule has 21 heavy (non-hydrogen) atoms. The molecule has 1 aromatic heterocycles. The lowest BCUT2D eigenvalue weighted by Gasteiger charge is -2.27. The van der Waals surface area contributed by atoms with Gasteiger partial charge < -0.3 is 4.42 Å². The number of amides is 1. The van der Waals surface area contributed by atoms with E-state index in [1.54, 1.807) is 6.92 Å². The van der Waals surface area contributed by atoms with Gasteiger partial charge in [0.1, 0.15) is 16.4 Å². The van der Waals surface area contributed by atoms with Gasteiger partial charge >= 0.3 is 0 Å². The Kier molecular flexibility index (Phi) is 4.10. The van der Waals surface area contributed by atoms with E-state index in [0.717, 1.165) is 0 Å². The molecule has 0 radical (unpaired) electrons. The number of carbonyl (C=O) groups excluding carboxylic acids is 1. The minimum Gasteiger partial charge on any atom is -0.465 e. The zero-order valence-electron chi connectivity index (χ0n) is 11.8. The zero-order chi connectivity index (χ0) is 15.8. The van der Waals surface area contributed by atoms with Crippen LogP contribution in [0.4, 0.5) is 8.78 Å². The van der Waals surface area contributed by atoms with Crippen LogP contribution in [0.25, 0.3) is 0 Å². The molecule has 0 aliphatic heterocycles. The van der Waals surface area contributed by atoms with Crippen LogP contribution in [-0.2, 0) is 14.8 Å². The number of nitrogens with one attached hydrogen (secondary N) is 1. The van der Waals surface area contributed by atoms with Crippen molar-refractivity contribution in [1.29, 1.82) is 0 Å². The largest absolute Gasteiger partial charge is 0.465 e. The average Bonchev–Trinajstić information content (AvgIpc) is 2.67. The maximum absolute atomic E-state index is 13.3. The number of carbonyl (C=O) groups is 1. The van der Waals surface area contributed by atoms with E-state index in [1.807, 2.05) is 4.72 Å². The van der Waals surface area contributed by atoms with Crippen LogP contribution < -0.4 is 4.72 Å². The van der Waals surface area contributed by atoms with Crippen molar-refractivity contribution in [3.05, 3.63) is 17.6 Å². The van der Waals surface area contributed by atoms with Gasteiger partial charge in [-0.3, -0.25) is 4.79 Å². The number of aryl methyl sites for hydroxylation is 2. The van der Waals surface area contributed by atoms with Crippen molar-refractivity contribution in [3.8, 4) is 0 Å². The summed E-state index contributed by atoms with van der Waals surface area (Å²) < 4.78 is 57.8. The number of furan rings is 1. The summed E-state index contributed by atoms with van der Waals surface area (Å²) in [6, 6.07) is 1.29. The summed E-state index contributed by atoms with van der Waals surface area (Å²) in [6.07, 6.45) is -0.406. The Labute approximate surface area is 121 Å². The molecule has 2 rings (SSSR count). The summed E-state index contributed by atoms with van der Waals surface area (Å²) in [7, 11) is -4.09. The Morgan fingerprint density at radius 1 is 1.43 bits per heavy atom. The number of rotatable bonds is 3. The highest BCUT2D eigenvalue weighted by Crippen LogP contribution is 2.36. The predicted octanol–water partition coefficient (Wildman–Crippen LogP) is 2.53. The van der Waals surface area contributed by atoms with Crippen LogP contribution in [0.2, 0.25) is 0 Å². The van der Waals surface area contributed by atoms with Gasteiger partial charge in [0.2, 0.25) is 11.8 Å². The SMILES string of the molecule is Cc1cc(S(=O)(=O)NC(=O)C2CCCC(F)(F)C2)c(C)o1. The minimum atomic E-state index is -4.09. The quantitative estimate of drug-likeness (QED) is 0.928. The number of alkyl halides is 2. The van der Waals surface area contributed by atoms with E-state index >= 15 is 0 Å². The van der Waals surface area contributed by atoms with Gasteiger partial charge in [-0.2, -0.15) is 0 Å². The summed E-state index contributed by atoms with van der Waals surface area (Å²) in [4.78, 5) is 11.8. The molecule has 8 heteroatoms. The molecule has 5 nitrogen and oxygen atoms in total. The van der Waals surface area contributed by atoms with E-state index < -0.39 is 34.2 Å². The zero-order valence-corrected chi connectivity index (χ0v) is 12.6. The highest BCUT2D eigenvalue weighted by molar-refractivity contribution is 7.90. The Morgan fingerprint density at radius 3 is 2.62 bits per heavy atom. The third kappa shape index (κ3) is 3.61.